The number of hydrogen-bond donors (Lipinski definition) is 0. The molecule has 0 aliphatic heterocycles. The summed E-state index contributed by atoms with van der Waals surface area (Å²) in [6.07, 6.45) is 4.42. The highest BCUT2D eigenvalue weighted by Crippen LogP contribution is 2.59. The van der Waals surface area contributed by atoms with E-state index in [-0.39, 0.29) is 0 Å². The number of rotatable bonds is 1. The van der Waals surface area contributed by atoms with Crippen LogP contribution in [-0.4, -0.2) is 0 Å². The van der Waals surface area contributed by atoms with Crippen LogP contribution >= 0.6 is 0 Å². The Kier molecular flexibility index (Phi) is 1.95. The molecular weight excluding hydrogens is 180 g/mol. The molecule has 2 bridgehead atoms. The van der Waals surface area contributed by atoms with Gasteiger partial charge in [0.2, 0.25) is 0 Å². The maximum absolute atomic E-state index is 2.50. The van der Waals surface area contributed by atoms with Crippen LogP contribution in [0.3, 0.4) is 0 Å². The van der Waals surface area contributed by atoms with Crippen molar-refractivity contribution in [3.63, 3.8) is 0 Å². The van der Waals surface area contributed by atoms with Crippen molar-refractivity contribution in [3.8, 4) is 0 Å². The Labute approximate surface area is 92.7 Å². The van der Waals surface area contributed by atoms with Gasteiger partial charge in [-0.1, -0.05) is 44.2 Å². The van der Waals surface area contributed by atoms with Crippen molar-refractivity contribution in [1.82, 2.24) is 0 Å². The van der Waals surface area contributed by atoms with Gasteiger partial charge in [0.25, 0.3) is 0 Å². The van der Waals surface area contributed by atoms with Crippen LogP contribution in [0.2, 0.25) is 0 Å². The molecule has 2 aliphatic carbocycles. The van der Waals surface area contributed by atoms with Crippen molar-refractivity contribution < 1.29 is 0 Å². The van der Waals surface area contributed by atoms with E-state index < -0.39 is 0 Å². The van der Waals surface area contributed by atoms with Gasteiger partial charge < -0.3 is 0 Å². The Morgan fingerprint density at radius 3 is 2.47 bits per heavy atom. The van der Waals surface area contributed by atoms with Crippen molar-refractivity contribution in [1.29, 1.82) is 0 Å². The minimum atomic E-state index is 0.462. The van der Waals surface area contributed by atoms with E-state index in [1.54, 1.807) is 5.56 Å². The molecule has 15 heavy (non-hydrogen) atoms. The third kappa shape index (κ3) is 1.14. The molecule has 80 valence electrons. The molecule has 0 spiro atoms. The molecule has 0 heterocycles. The van der Waals surface area contributed by atoms with Crippen LogP contribution in [-0.2, 0) is 5.41 Å². The summed E-state index contributed by atoms with van der Waals surface area (Å²) in [6, 6.07) is 11.2. The van der Waals surface area contributed by atoms with Crippen molar-refractivity contribution in [2.75, 3.05) is 0 Å². The van der Waals surface area contributed by atoms with E-state index in [4.69, 9.17) is 0 Å². The summed E-state index contributed by atoms with van der Waals surface area (Å²) in [5.74, 6) is 2.82. The number of hydrogen-bond acceptors (Lipinski definition) is 0. The topological polar surface area (TPSA) is 0 Å². The van der Waals surface area contributed by atoms with Gasteiger partial charge in [-0.15, -0.1) is 0 Å². The fourth-order valence-corrected chi connectivity index (χ4v) is 4.17. The fraction of sp³-hybridized carbons (Fsp3) is 0.600. The normalized spacial score (nSPS) is 43.5. The molecule has 2 aliphatic rings. The molecule has 4 atom stereocenters. The van der Waals surface area contributed by atoms with Gasteiger partial charge in [0.1, 0.15) is 0 Å². The van der Waals surface area contributed by atoms with E-state index in [0.717, 1.165) is 17.8 Å². The van der Waals surface area contributed by atoms with Crippen LogP contribution in [0, 0.1) is 17.8 Å². The molecule has 2 saturated carbocycles. The van der Waals surface area contributed by atoms with Crippen molar-refractivity contribution in [2.45, 2.75) is 38.5 Å². The second-order valence-corrected chi connectivity index (χ2v) is 5.71. The lowest BCUT2D eigenvalue weighted by molar-refractivity contribution is 0.204. The van der Waals surface area contributed by atoms with Gasteiger partial charge in [0.05, 0.1) is 0 Å². The Morgan fingerprint density at radius 1 is 1.13 bits per heavy atom. The highest BCUT2D eigenvalue weighted by molar-refractivity contribution is 5.30. The summed E-state index contributed by atoms with van der Waals surface area (Å²) < 4.78 is 0. The van der Waals surface area contributed by atoms with Crippen LogP contribution in [0.5, 0.6) is 0 Å². The van der Waals surface area contributed by atoms with Gasteiger partial charge >= 0.3 is 0 Å². The molecule has 0 aromatic heterocycles. The average molecular weight is 200 g/mol. The second kappa shape index (κ2) is 3.10. The summed E-state index contributed by atoms with van der Waals surface area (Å²) in [7, 11) is 0. The summed E-state index contributed by atoms with van der Waals surface area (Å²) >= 11 is 0. The van der Waals surface area contributed by atoms with E-state index in [9.17, 15) is 0 Å². The third-order valence-electron chi connectivity index (χ3n) is 5.37. The lowest BCUT2D eigenvalue weighted by Crippen LogP contribution is -2.36. The van der Waals surface area contributed by atoms with Gasteiger partial charge in [-0.25, -0.2) is 0 Å². The smallest absolute Gasteiger partial charge is 0.00187 e. The van der Waals surface area contributed by atoms with Gasteiger partial charge in [-0.05, 0) is 48.0 Å². The van der Waals surface area contributed by atoms with Crippen molar-refractivity contribution >= 4 is 0 Å². The Hall–Kier alpha value is -0.780. The van der Waals surface area contributed by atoms with E-state index in [0.29, 0.717) is 5.41 Å². The van der Waals surface area contributed by atoms with Crippen molar-refractivity contribution in [3.05, 3.63) is 35.9 Å². The minimum Gasteiger partial charge on any atom is -0.0622 e. The maximum atomic E-state index is 2.50. The summed E-state index contributed by atoms with van der Waals surface area (Å²) in [4.78, 5) is 0. The number of benzene rings is 1. The molecule has 3 rings (SSSR count). The molecule has 0 saturated heterocycles. The second-order valence-electron chi connectivity index (χ2n) is 5.71. The summed E-state index contributed by atoms with van der Waals surface area (Å²) in [5.41, 5.74) is 2.04. The zero-order chi connectivity index (χ0) is 10.5. The van der Waals surface area contributed by atoms with Crippen LogP contribution in [0.1, 0.15) is 38.7 Å². The molecular formula is C15H20. The van der Waals surface area contributed by atoms with E-state index in [1.165, 1.54) is 19.3 Å². The quantitative estimate of drug-likeness (QED) is 0.642. The maximum Gasteiger partial charge on any atom is -0.00187 e. The average Bonchev–Trinajstić information content (AvgIpc) is 2.84. The van der Waals surface area contributed by atoms with Gasteiger partial charge in [0, 0.05) is 0 Å². The van der Waals surface area contributed by atoms with E-state index >= 15 is 0 Å². The summed E-state index contributed by atoms with van der Waals surface area (Å²) in [5, 5.41) is 0. The first-order chi connectivity index (χ1) is 7.23. The summed E-state index contributed by atoms with van der Waals surface area (Å²) in [6.45, 7) is 4.97. The molecule has 1 unspecified atom stereocenters. The van der Waals surface area contributed by atoms with Crippen LogP contribution in [0.4, 0.5) is 0 Å². The Bertz CT molecular complexity index is 350. The van der Waals surface area contributed by atoms with Gasteiger partial charge in [-0.3, -0.25) is 0 Å². The zero-order valence-electron chi connectivity index (χ0n) is 9.74. The predicted octanol–water partition coefficient (Wildman–Crippen LogP) is 4.01. The van der Waals surface area contributed by atoms with E-state index in [2.05, 4.69) is 44.2 Å². The lowest BCUT2D eigenvalue weighted by Gasteiger charge is -2.40. The van der Waals surface area contributed by atoms with Crippen LogP contribution in [0.25, 0.3) is 0 Å². The van der Waals surface area contributed by atoms with Gasteiger partial charge in [0.15, 0.2) is 0 Å². The standard InChI is InChI=1S/C15H20/c1-11-12-8-9-14(10-12)15(11,2)13-6-4-3-5-7-13/h3-7,11-12,14H,8-10H2,1-2H3/t11?,12-,14+,15+/m1/s1. The van der Waals surface area contributed by atoms with E-state index in [1.807, 2.05) is 0 Å². The highest BCUT2D eigenvalue weighted by atomic mass is 14.6. The van der Waals surface area contributed by atoms with Crippen molar-refractivity contribution in [2.24, 2.45) is 17.8 Å². The highest BCUT2D eigenvalue weighted by Gasteiger charge is 2.53. The third-order valence-corrected chi connectivity index (χ3v) is 5.37. The Balaban J connectivity index is 2.04. The Morgan fingerprint density at radius 2 is 1.87 bits per heavy atom. The first-order valence-electron chi connectivity index (χ1n) is 6.28. The number of fused-ring (bicyclic) bond motifs is 2. The largest absolute Gasteiger partial charge is 0.0622 e. The predicted molar refractivity (Wildman–Crippen MR) is 63.8 cm³/mol. The molecule has 1 aromatic rings. The SMILES string of the molecule is CC1[C@@H]2CC[C@@H](C2)[C@]1(C)c1ccccc1. The molecule has 2 fully saturated rings. The fourth-order valence-electron chi connectivity index (χ4n) is 4.17. The first kappa shape index (κ1) is 9.45. The van der Waals surface area contributed by atoms with Crippen LogP contribution < -0.4 is 0 Å². The lowest BCUT2D eigenvalue weighted by atomic mass is 9.64. The zero-order valence-corrected chi connectivity index (χ0v) is 9.74. The van der Waals surface area contributed by atoms with Crippen LogP contribution in [0.15, 0.2) is 30.3 Å². The van der Waals surface area contributed by atoms with Gasteiger partial charge in [-0.2, -0.15) is 0 Å². The molecule has 0 heteroatoms. The molecule has 0 nitrogen and oxygen atoms in total. The first-order valence-corrected chi connectivity index (χ1v) is 6.28. The monoisotopic (exact) mass is 200 g/mol. The minimum absolute atomic E-state index is 0.462. The molecule has 0 amide bonds. The molecule has 0 radical (unpaired) electrons. The molecule has 0 N–H and O–H groups in total. The molecule has 1 aromatic carbocycles.